The molecule has 1 aliphatic heterocycles. The minimum Gasteiger partial charge on any atom is -0.357 e. The first-order valence-corrected chi connectivity index (χ1v) is 8.46. The highest BCUT2D eigenvalue weighted by Gasteiger charge is 2.30. The lowest BCUT2D eigenvalue weighted by atomic mass is 10.2. The van der Waals surface area contributed by atoms with E-state index in [1.54, 1.807) is 24.5 Å². The molecule has 3 rings (SSSR count). The molecule has 0 bridgehead atoms. The van der Waals surface area contributed by atoms with Crippen LogP contribution >= 0.6 is 11.8 Å². The molecule has 1 aliphatic rings. The van der Waals surface area contributed by atoms with E-state index < -0.39 is 5.51 Å². The first kappa shape index (κ1) is 17.1. The van der Waals surface area contributed by atoms with Gasteiger partial charge in [-0.15, -0.1) is 0 Å². The number of hydrogen-bond acceptors (Lipinski definition) is 4. The summed E-state index contributed by atoms with van der Waals surface area (Å²) in [6.07, 6.45) is 3.57. The molecule has 7 heteroatoms. The van der Waals surface area contributed by atoms with Gasteiger partial charge in [-0.3, -0.25) is 9.88 Å². The highest BCUT2D eigenvalue weighted by Crippen LogP contribution is 2.37. The van der Waals surface area contributed by atoms with Crippen molar-refractivity contribution >= 4 is 17.4 Å². The van der Waals surface area contributed by atoms with Crippen LogP contribution in [0.1, 0.15) is 12.5 Å². The number of rotatable bonds is 4. The Morgan fingerprint density at radius 1 is 1.12 bits per heavy atom. The highest BCUT2D eigenvalue weighted by atomic mass is 32.2. The minimum atomic E-state index is -4.25. The average Bonchev–Trinajstić information content (AvgIpc) is 2.88. The summed E-state index contributed by atoms with van der Waals surface area (Å²) in [5, 5.41) is 0. The number of alkyl halides is 3. The van der Waals surface area contributed by atoms with Gasteiger partial charge in [0, 0.05) is 42.1 Å². The van der Waals surface area contributed by atoms with Gasteiger partial charge in [0.1, 0.15) is 0 Å². The van der Waals surface area contributed by atoms with Crippen LogP contribution in [0.15, 0.2) is 53.7 Å². The van der Waals surface area contributed by atoms with E-state index in [0.717, 1.165) is 25.4 Å². The SMILES string of the molecule is C[C@H]1CN(c2ccc(SC(F)(F)F)cc2)CN1Cc1ccncc1. The Hall–Kier alpha value is -1.73. The molecule has 0 spiro atoms. The van der Waals surface area contributed by atoms with Gasteiger partial charge in [0.15, 0.2) is 0 Å². The van der Waals surface area contributed by atoms with Crippen molar-refractivity contribution in [3.8, 4) is 0 Å². The Balaban J connectivity index is 1.64. The smallest absolute Gasteiger partial charge is 0.357 e. The summed E-state index contributed by atoms with van der Waals surface area (Å²) in [6, 6.07) is 11.0. The van der Waals surface area contributed by atoms with Crippen LogP contribution in [0.25, 0.3) is 0 Å². The first-order valence-electron chi connectivity index (χ1n) is 7.64. The van der Waals surface area contributed by atoms with Gasteiger partial charge in [-0.05, 0) is 60.6 Å². The Morgan fingerprint density at radius 2 is 1.79 bits per heavy atom. The van der Waals surface area contributed by atoms with Gasteiger partial charge in [-0.2, -0.15) is 13.2 Å². The van der Waals surface area contributed by atoms with Gasteiger partial charge in [-0.1, -0.05) is 0 Å². The lowest BCUT2D eigenvalue weighted by Crippen LogP contribution is -2.28. The van der Waals surface area contributed by atoms with Gasteiger partial charge in [0.05, 0.1) is 6.67 Å². The van der Waals surface area contributed by atoms with Gasteiger partial charge in [-0.25, -0.2) is 0 Å². The van der Waals surface area contributed by atoms with Crippen LogP contribution in [0.3, 0.4) is 0 Å². The van der Waals surface area contributed by atoms with Crippen molar-refractivity contribution in [2.75, 3.05) is 18.1 Å². The van der Waals surface area contributed by atoms with E-state index in [2.05, 4.69) is 21.7 Å². The molecule has 0 aliphatic carbocycles. The maximum atomic E-state index is 12.4. The van der Waals surface area contributed by atoms with Crippen molar-refractivity contribution in [3.05, 3.63) is 54.4 Å². The minimum absolute atomic E-state index is 0.0800. The molecule has 0 unspecified atom stereocenters. The van der Waals surface area contributed by atoms with E-state index in [-0.39, 0.29) is 16.7 Å². The lowest BCUT2D eigenvalue weighted by molar-refractivity contribution is -0.0328. The number of thioether (sulfide) groups is 1. The molecule has 2 aromatic rings. The third kappa shape index (κ3) is 4.42. The molecule has 24 heavy (non-hydrogen) atoms. The number of aromatic nitrogens is 1. The predicted molar refractivity (Wildman–Crippen MR) is 89.8 cm³/mol. The van der Waals surface area contributed by atoms with Crippen LogP contribution in [0.5, 0.6) is 0 Å². The molecule has 128 valence electrons. The molecule has 1 saturated heterocycles. The van der Waals surface area contributed by atoms with Crippen LogP contribution in [0.4, 0.5) is 18.9 Å². The average molecular weight is 353 g/mol. The van der Waals surface area contributed by atoms with Crippen molar-refractivity contribution in [2.45, 2.75) is 29.9 Å². The molecule has 0 amide bonds. The monoisotopic (exact) mass is 353 g/mol. The number of hydrogen-bond donors (Lipinski definition) is 0. The maximum absolute atomic E-state index is 12.4. The second kappa shape index (κ2) is 7.03. The summed E-state index contributed by atoms with van der Waals surface area (Å²) < 4.78 is 37.2. The van der Waals surface area contributed by atoms with E-state index >= 15 is 0 Å². The van der Waals surface area contributed by atoms with Crippen LogP contribution in [-0.2, 0) is 6.54 Å². The zero-order chi connectivity index (χ0) is 17.2. The summed E-state index contributed by atoms with van der Waals surface area (Å²) in [5.41, 5.74) is -2.09. The van der Waals surface area contributed by atoms with Gasteiger partial charge in [0.25, 0.3) is 0 Å². The highest BCUT2D eigenvalue weighted by molar-refractivity contribution is 8.00. The Kier molecular flexibility index (Phi) is 5.01. The normalized spacial score (nSPS) is 19.0. The first-order chi connectivity index (χ1) is 11.4. The Morgan fingerprint density at radius 3 is 2.42 bits per heavy atom. The Bertz CT molecular complexity index is 661. The summed E-state index contributed by atoms with van der Waals surface area (Å²) in [7, 11) is 0. The van der Waals surface area contributed by atoms with E-state index in [1.165, 1.54) is 17.7 Å². The van der Waals surface area contributed by atoms with Crippen molar-refractivity contribution in [1.29, 1.82) is 0 Å². The third-order valence-corrected chi connectivity index (χ3v) is 4.77. The molecular formula is C17H18F3N3S. The van der Waals surface area contributed by atoms with Crippen LogP contribution in [0, 0.1) is 0 Å². The van der Waals surface area contributed by atoms with E-state index in [9.17, 15) is 13.2 Å². The van der Waals surface area contributed by atoms with Crippen molar-refractivity contribution < 1.29 is 13.2 Å². The lowest BCUT2D eigenvalue weighted by Gasteiger charge is -2.21. The molecule has 0 saturated carbocycles. The molecule has 3 nitrogen and oxygen atoms in total. The fourth-order valence-electron chi connectivity index (χ4n) is 2.83. The molecular weight excluding hydrogens is 335 g/mol. The molecule has 1 aromatic heterocycles. The Labute approximate surface area is 143 Å². The number of anilines is 1. The van der Waals surface area contributed by atoms with E-state index in [0.29, 0.717) is 6.04 Å². The summed E-state index contributed by atoms with van der Waals surface area (Å²) in [4.78, 5) is 8.77. The fraction of sp³-hybridized carbons (Fsp3) is 0.353. The quantitative estimate of drug-likeness (QED) is 0.760. The van der Waals surface area contributed by atoms with Gasteiger partial charge >= 0.3 is 5.51 Å². The van der Waals surface area contributed by atoms with E-state index in [1.807, 2.05) is 12.1 Å². The van der Waals surface area contributed by atoms with Crippen LogP contribution in [-0.4, -0.2) is 34.6 Å². The maximum Gasteiger partial charge on any atom is 0.446 e. The van der Waals surface area contributed by atoms with Crippen molar-refractivity contribution in [2.24, 2.45) is 0 Å². The summed E-state index contributed by atoms with van der Waals surface area (Å²) in [5.74, 6) is 0. The zero-order valence-electron chi connectivity index (χ0n) is 13.2. The third-order valence-electron chi connectivity index (χ3n) is 4.03. The van der Waals surface area contributed by atoms with E-state index in [4.69, 9.17) is 0 Å². The largest absolute Gasteiger partial charge is 0.446 e. The predicted octanol–water partition coefficient (Wildman–Crippen LogP) is 4.36. The molecule has 0 radical (unpaired) electrons. The molecule has 0 N–H and O–H groups in total. The molecule has 1 aromatic carbocycles. The summed E-state index contributed by atoms with van der Waals surface area (Å²) >= 11 is -0.0800. The fourth-order valence-corrected chi connectivity index (χ4v) is 3.36. The summed E-state index contributed by atoms with van der Waals surface area (Å²) in [6.45, 7) is 4.61. The van der Waals surface area contributed by atoms with Gasteiger partial charge < -0.3 is 4.90 Å². The molecule has 2 heterocycles. The topological polar surface area (TPSA) is 19.4 Å². The second-order valence-electron chi connectivity index (χ2n) is 5.86. The molecule has 1 fully saturated rings. The molecule has 1 atom stereocenters. The standard InChI is InChI=1S/C17H18F3N3S/c1-13-10-23(12-22(13)11-14-6-8-21-9-7-14)15-2-4-16(5-3-15)24-17(18,19)20/h2-9,13H,10-12H2,1H3/t13-/m0/s1. The van der Waals surface area contributed by atoms with Crippen molar-refractivity contribution in [1.82, 2.24) is 9.88 Å². The van der Waals surface area contributed by atoms with Gasteiger partial charge in [0.2, 0.25) is 0 Å². The second-order valence-corrected chi connectivity index (χ2v) is 7.00. The number of nitrogens with zero attached hydrogens (tertiary/aromatic N) is 3. The number of benzene rings is 1. The number of halogens is 3. The van der Waals surface area contributed by atoms with Crippen molar-refractivity contribution in [3.63, 3.8) is 0 Å². The van der Waals surface area contributed by atoms with Crippen LogP contribution < -0.4 is 4.90 Å². The number of pyridine rings is 1. The van der Waals surface area contributed by atoms with Crippen LogP contribution in [0.2, 0.25) is 0 Å². The zero-order valence-corrected chi connectivity index (χ0v) is 14.0.